The molecular formula is C12H17N3O3. The quantitative estimate of drug-likeness (QED) is 0.822. The highest BCUT2D eigenvalue weighted by atomic mass is 16.5. The summed E-state index contributed by atoms with van der Waals surface area (Å²) in [7, 11) is 4.77. The third kappa shape index (κ3) is 2.01. The molecule has 18 heavy (non-hydrogen) atoms. The Kier molecular flexibility index (Phi) is 3.45. The van der Waals surface area contributed by atoms with Crippen molar-refractivity contribution in [3.63, 3.8) is 0 Å². The first kappa shape index (κ1) is 12.3. The number of ether oxygens (including phenoxy) is 3. The van der Waals surface area contributed by atoms with E-state index in [1.807, 2.05) is 12.1 Å². The Morgan fingerprint density at radius 3 is 2.39 bits per heavy atom. The molecule has 6 heteroatoms. The number of nitrogens with two attached hydrogens (primary N) is 1. The largest absolute Gasteiger partial charge is 0.493 e. The second-order valence-corrected chi connectivity index (χ2v) is 3.85. The van der Waals surface area contributed by atoms with Crippen LogP contribution in [0.2, 0.25) is 0 Å². The molecule has 0 bridgehead atoms. The smallest absolute Gasteiger partial charge is 0.203 e. The second-order valence-electron chi connectivity index (χ2n) is 3.85. The number of rotatable bonds is 4. The molecule has 1 heterocycles. The van der Waals surface area contributed by atoms with Gasteiger partial charge in [-0.1, -0.05) is 0 Å². The highest BCUT2D eigenvalue weighted by Gasteiger charge is 2.25. The molecule has 0 radical (unpaired) electrons. The topological polar surface area (TPSA) is 78.1 Å². The molecule has 0 fully saturated rings. The van der Waals surface area contributed by atoms with Crippen LogP contribution in [0, 0.1) is 0 Å². The predicted molar refractivity (Wildman–Crippen MR) is 68.5 cm³/mol. The van der Waals surface area contributed by atoms with E-state index in [1.54, 1.807) is 21.3 Å². The number of benzene rings is 1. The van der Waals surface area contributed by atoms with Crippen LogP contribution in [0.15, 0.2) is 17.1 Å². The van der Waals surface area contributed by atoms with Gasteiger partial charge in [0.05, 0.1) is 33.9 Å². The second kappa shape index (κ2) is 5.03. The molecule has 1 unspecified atom stereocenters. The summed E-state index contributed by atoms with van der Waals surface area (Å²) in [4.78, 5) is 4.12. The molecule has 6 nitrogen and oxygen atoms in total. The van der Waals surface area contributed by atoms with E-state index in [9.17, 15) is 0 Å². The van der Waals surface area contributed by atoms with E-state index >= 15 is 0 Å². The number of aliphatic imine (C=N–C) groups is 1. The first-order valence-electron chi connectivity index (χ1n) is 5.56. The van der Waals surface area contributed by atoms with E-state index in [2.05, 4.69) is 10.3 Å². The lowest BCUT2D eigenvalue weighted by atomic mass is 10.1. The minimum atomic E-state index is -0.000226. The van der Waals surface area contributed by atoms with E-state index in [0.717, 1.165) is 5.56 Å². The van der Waals surface area contributed by atoms with Crippen molar-refractivity contribution in [2.45, 2.75) is 6.04 Å². The van der Waals surface area contributed by atoms with Gasteiger partial charge in [0.25, 0.3) is 0 Å². The highest BCUT2D eigenvalue weighted by molar-refractivity contribution is 5.80. The molecule has 0 aromatic heterocycles. The molecule has 1 aliphatic heterocycles. The van der Waals surface area contributed by atoms with Gasteiger partial charge in [-0.05, 0) is 12.1 Å². The van der Waals surface area contributed by atoms with Crippen LogP contribution >= 0.6 is 0 Å². The van der Waals surface area contributed by atoms with Gasteiger partial charge in [0.2, 0.25) is 5.75 Å². The van der Waals surface area contributed by atoms with Gasteiger partial charge in [0, 0.05) is 5.56 Å². The molecule has 0 saturated carbocycles. The fourth-order valence-corrected chi connectivity index (χ4v) is 2.03. The lowest BCUT2D eigenvalue weighted by molar-refractivity contribution is 0.320. The molecule has 1 aliphatic rings. The molecule has 0 amide bonds. The highest BCUT2D eigenvalue weighted by Crippen LogP contribution is 2.42. The van der Waals surface area contributed by atoms with Gasteiger partial charge in [-0.3, -0.25) is 4.99 Å². The first-order chi connectivity index (χ1) is 8.71. The summed E-state index contributed by atoms with van der Waals surface area (Å²) < 4.78 is 16.0. The van der Waals surface area contributed by atoms with Crippen molar-refractivity contribution < 1.29 is 14.2 Å². The zero-order valence-electron chi connectivity index (χ0n) is 10.7. The normalized spacial score (nSPS) is 17.9. The Morgan fingerprint density at radius 2 is 1.89 bits per heavy atom. The zero-order valence-corrected chi connectivity index (χ0v) is 10.7. The van der Waals surface area contributed by atoms with E-state index < -0.39 is 0 Å². The maximum Gasteiger partial charge on any atom is 0.203 e. The summed E-state index contributed by atoms with van der Waals surface area (Å²) >= 11 is 0. The number of nitrogens with zero attached hydrogens (tertiary/aromatic N) is 1. The van der Waals surface area contributed by atoms with Crippen molar-refractivity contribution in [3.05, 3.63) is 17.7 Å². The lowest BCUT2D eigenvalue weighted by Gasteiger charge is -2.19. The van der Waals surface area contributed by atoms with Crippen molar-refractivity contribution >= 4 is 5.96 Å². The molecule has 0 saturated heterocycles. The third-order valence-corrected chi connectivity index (χ3v) is 2.88. The molecule has 0 spiro atoms. The van der Waals surface area contributed by atoms with Crippen LogP contribution in [-0.4, -0.2) is 33.8 Å². The van der Waals surface area contributed by atoms with Crippen molar-refractivity contribution in [1.82, 2.24) is 5.32 Å². The predicted octanol–water partition coefficient (Wildman–Crippen LogP) is 0.671. The molecule has 3 N–H and O–H groups in total. The molecule has 0 aliphatic carbocycles. The van der Waals surface area contributed by atoms with E-state index in [-0.39, 0.29) is 6.04 Å². The Hall–Kier alpha value is -2.11. The van der Waals surface area contributed by atoms with Crippen LogP contribution in [0.25, 0.3) is 0 Å². The van der Waals surface area contributed by atoms with Crippen molar-refractivity contribution in [3.8, 4) is 17.2 Å². The summed E-state index contributed by atoms with van der Waals surface area (Å²) in [6.45, 7) is 0.581. The van der Waals surface area contributed by atoms with Gasteiger partial charge in [0.1, 0.15) is 0 Å². The maximum absolute atomic E-state index is 5.62. The van der Waals surface area contributed by atoms with Gasteiger partial charge in [-0.25, -0.2) is 0 Å². The van der Waals surface area contributed by atoms with Crippen LogP contribution in [0.3, 0.4) is 0 Å². The number of methoxy groups -OCH3 is 3. The van der Waals surface area contributed by atoms with Crippen LogP contribution in [0.1, 0.15) is 11.6 Å². The first-order valence-corrected chi connectivity index (χ1v) is 5.56. The Labute approximate surface area is 106 Å². The standard InChI is InChI=1S/C12H17N3O3/c1-16-9-5-4-7(8-6-14-12(13)15-8)10(17-2)11(9)18-3/h4-5,8H,6H2,1-3H3,(H3,13,14,15). The minimum absolute atomic E-state index is 0.000226. The zero-order chi connectivity index (χ0) is 13.1. The summed E-state index contributed by atoms with van der Waals surface area (Å²) in [5, 5.41) is 3.09. The van der Waals surface area contributed by atoms with Crippen molar-refractivity contribution in [2.24, 2.45) is 10.7 Å². The molecule has 1 atom stereocenters. The van der Waals surface area contributed by atoms with Gasteiger partial charge in [0.15, 0.2) is 17.5 Å². The number of nitrogens with one attached hydrogen (secondary N) is 1. The van der Waals surface area contributed by atoms with Gasteiger partial charge in [-0.15, -0.1) is 0 Å². The molecule has 1 aromatic rings. The molecular weight excluding hydrogens is 234 g/mol. The Morgan fingerprint density at radius 1 is 1.17 bits per heavy atom. The SMILES string of the molecule is COc1ccc(C2CN=C(N)N2)c(OC)c1OC. The molecule has 2 rings (SSSR count). The minimum Gasteiger partial charge on any atom is -0.493 e. The average molecular weight is 251 g/mol. The fraction of sp³-hybridized carbons (Fsp3) is 0.417. The molecule has 98 valence electrons. The summed E-state index contributed by atoms with van der Waals surface area (Å²) in [5.41, 5.74) is 6.57. The van der Waals surface area contributed by atoms with Crippen LogP contribution in [-0.2, 0) is 0 Å². The number of guanidine groups is 1. The number of hydrogen-bond donors (Lipinski definition) is 2. The number of hydrogen-bond acceptors (Lipinski definition) is 6. The average Bonchev–Trinajstić information content (AvgIpc) is 2.83. The maximum atomic E-state index is 5.62. The van der Waals surface area contributed by atoms with Crippen LogP contribution in [0.4, 0.5) is 0 Å². The van der Waals surface area contributed by atoms with E-state index in [0.29, 0.717) is 29.8 Å². The Balaban J connectivity index is 2.42. The van der Waals surface area contributed by atoms with E-state index in [4.69, 9.17) is 19.9 Å². The summed E-state index contributed by atoms with van der Waals surface area (Å²) in [5.74, 6) is 2.28. The monoisotopic (exact) mass is 251 g/mol. The van der Waals surface area contributed by atoms with Crippen molar-refractivity contribution in [1.29, 1.82) is 0 Å². The van der Waals surface area contributed by atoms with Crippen molar-refractivity contribution in [2.75, 3.05) is 27.9 Å². The lowest BCUT2D eigenvalue weighted by Crippen LogP contribution is -2.29. The fourth-order valence-electron chi connectivity index (χ4n) is 2.03. The van der Waals surface area contributed by atoms with Gasteiger partial charge < -0.3 is 25.3 Å². The summed E-state index contributed by atoms with van der Waals surface area (Å²) in [6.07, 6.45) is 0. The third-order valence-electron chi connectivity index (χ3n) is 2.88. The van der Waals surface area contributed by atoms with Crippen LogP contribution in [0.5, 0.6) is 17.2 Å². The van der Waals surface area contributed by atoms with Gasteiger partial charge in [-0.2, -0.15) is 0 Å². The Bertz CT molecular complexity index is 474. The van der Waals surface area contributed by atoms with E-state index in [1.165, 1.54) is 0 Å². The van der Waals surface area contributed by atoms with Crippen LogP contribution < -0.4 is 25.3 Å². The summed E-state index contributed by atoms with van der Waals surface area (Å²) in [6, 6.07) is 3.76. The van der Waals surface area contributed by atoms with Gasteiger partial charge >= 0.3 is 0 Å². The molecule has 1 aromatic carbocycles.